The quantitative estimate of drug-likeness (QED) is 0.307. The number of furan rings is 1. The summed E-state index contributed by atoms with van der Waals surface area (Å²) >= 11 is 4.89. The summed E-state index contributed by atoms with van der Waals surface area (Å²) in [7, 11) is 0. The lowest BCUT2D eigenvalue weighted by Gasteiger charge is -2.05. The average Bonchev–Trinajstić information content (AvgIpc) is 3.31. The van der Waals surface area contributed by atoms with E-state index in [1.54, 1.807) is 11.6 Å². The van der Waals surface area contributed by atoms with Crippen LogP contribution in [0.4, 0.5) is 0 Å². The standard InChI is InChI=1S/C19H15BrN4O3S/c1-2-26-18(25)17-15(14-10-12(20)8-9-16(14)27-17)11-28-19-21-22-23-24(19)13-6-4-3-5-7-13/h3-10H,2,11H2,1H3. The number of carbonyl (C=O) groups is 1. The third-order valence-electron chi connectivity index (χ3n) is 4.00. The molecule has 2 aromatic carbocycles. The van der Waals surface area contributed by atoms with Gasteiger partial charge in [-0.1, -0.05) is 45.9 Å². The Balaban J connectivity index is 1.69. The van der Waals surface area contributed by atoms with Crippen LogP contribution < -0.4 is 0 Å². The molecule has 0 aliphatic heterocycles. The van der Waals surface area contributed by atoms with Crippen LogP contribution in [-0.4, -0.2) is 32.8 Å². The fourth-order valence-electron chi connectivity index (χ4n) is 2.76. The van der Waals surface area contributed by atoms with Crippen molar-refractivity contribution in [3.63, 3.8) is 0 Å². The number of ether oxygens (including phenoxy) is 1. The average molecular weight is 459 g/mol. The number of carbonyl (C=O) groups excluding carboxylic acids is 1. The maximum atomic E-state index is 12.4. The van der Waals surface area contributed by atoms with Gasteiger partial charge >= 0.3 is 5.97 Å². The molecule has 9 heteroatoms. The number of para-hydroxylation sites is 1. The zero-order valence-electron chi connectivity index (χ0n) is 14.8. The van der Waals surface area contributed by atoms with Crippen molar-refractivity contribution in [1.82, 2.24) is 20.2 Å². The van der Waals surface area contributed by atoms with Crippen LogP contribution in [-0.2, 0) is 10.5 Å². The van der Waals surface area contributed by atoms with E-state index in [-0.39, 0.29) is 12.4 Å². The number of nitrogens with zero attached hydrogens (tertiary/aromatic N) is 4. The molecular formula is C19H15BrN4O3S. The molecule has 0 saturated carbocycles. The highest BCUT2D eigenvalue weighted by molar-refractivity contribution is 9.10. The molecule has 0 fully saturated rings. The van der Waals surface area contributed by atoms with Gasteiger partial charge in [-0.3, -0.25) is 0 Å². The molecule has 28 heavy (non-hydrogen) atoms. The normalized spacial score (nSPS) is 11.1. The van der Waals surface area contributed by atoms with Crippen molar-refractivity contribution in [2.45, 2.75) is 17.8 Å². The van der Waals surface area contributed by atoms with Crippen LogP contribution in [0.25, 0.3) is 16.7 Å². The van der Waals surface area contributed by atoms with E-state index in [9.17, 15) is 4.79 Å². The molecule has 0 unspecified atom stereocenters. The molecule has 142 valence electrons. The summed E-state index contributed by atoms with van der Waals surface area (Å²) in [5.41, 5.74) is 2.24. The third-order valence-corrected chi connectivity index (χ3v) is 5.44. The van der Waals surface area contributed by atoms with Crippen LogP contribution in [0.2, 0.25) is 0 Å². The summed E-state index contributed by atoms with van der Waals surface area (Å²) in [4.78, 5) is 12.4. The maximum Gasteiger partial charge on any atom is 0.374 e. The maximum absolute atomic E-state index is 12.4. The number of hydrogen-bond acceptors (Lipinski definition) is 7. The van der Waals surface area contributed by atoms with Gasteiger partial charge in [0.15, 0.2) is 0 Å². The number of halogens is 1. The lowest BCUT2D eigenvalue weighted by Crippen LogP contribution is -2.06. The van der Waals surface area contributed by atoms with Gasteiger partial charge in [0.2, 0.25) is 10.9 Å². The topological polar surface area (TPSA) is 83.0 Å². The van der Waals surface area contributed by atoms with Crippen molar-refractivity contribution >= 4 is 44.6 Å². The van der Waals surface area contributed by atoms with E-state index in [1.165, 1.54) is 11.8 Å². The summed E-state index contributed by atoms with van der Waals surface area (Å²) in [6, 6.07) is 15.2. The van der Waals surface area contributed by atoms with Crippen LogP contribution in [0.1, 0.15) is 23.0 Å². The van der Waals surface area contributed by atoms with Crippen LogP contribution in [0, 0.1) is 0 Å². The van der Waals surface area contributed by atoms with E-state index in [1.807, 2.05) is 48.5 Å². The SMILES string of the molecule is CCOC(=O)c1oc2ccc(Br)cc2c1CSc1nnnn1-c1ccccc1. The second-order valence-electron chi connectivity index (χ2n) is 5.77. The fourth-order valence-corrected chi connectivity index (χ4v) is 4.04. The number of aromatic nitrogens is 4. The molecule has 4 rings (SSSR count). The lowest BCUT2D eigenvalue weighted by molar-refractivity contribution is 0.0491. The first-order chi connectivity index (χ1) is 13.7. The lowest BCUT2D eigenvalue weighted by atomic mass is 10.1. The minimum Gasteiger partial charge on any atom is -0.460 e. The predicted molar refractivity (Wildman–Crippen MR) is 109 cm³/mol. The first-order valence-electron chi connectivity index (χ1n) is 8.52. The van der Waals surface area contributed by atoms with Crippen LogP contribution in [0.15, 0.2) is 62.6 Å². The molecule has 0 amide bonds. The van der Waals surface area contributed by atoms with Gasteiger partial charge in [-0.25, -0.2) is 4.79 Å². The van der Waals surface area contributed by atoms with E-state index >= 15 is 0 Å². The van der Waals surface area contributed by atoms with Crippen molar-refractivity contribution in [3.05, 3.63) is 64.3 Å². The van der Waals surface area contributed by atoms with Crippen LogP contribution in [0.3, 0.4) is 0 Å². The monoisotopic (exact) mass is 458 g/mol. The highest BCUT2D eigenvalue weighted by Crippen LogP contribution is 2.33. The molecule has 0 N–H and O–H groups in total. The summed E-state index contributed by atoms with van der Waals surface area (Å²) in [5.74, 6) is 0.180. The van der Waals surface area contributed by atoms with Crippen LogP contribution >= 0.6 is 27.7 Å². The van der Waals surface area contributed by atoms with Gasteiger partial charge in [0, 0.05) is 21.2 Å². The van der Waals surface area contributed by atoms with Crippen molar-refractivity contribution in [3.8, 4) is 5.69 Å². The largest absolute Gasteiger partial charge is 0.460 e. The van der Waals surface area contributed by atoms with Gasteiger partial charge in [0.1, 0.15) is 5.58 Å². The predicted octanol–water partition coefficient (Wildman–Crippen LogP) is 4.64. The fraction of sp³-hybridized carbons (Fsp3) is 0.158. The minimum atomic E-state index is -0.479. The smallest absolute Gasteiger partial charge is 0.374 e. The van der Waals surface area contributed by atoms with E-state index < -0.39 is 5.97 Å². The summed E-state index contributed by atoms with van der Waals surface area (Å²) in [6.07, 6.45) is 0. The summed E-state index contributed by atoms with van der Waals surface area (Å²) in [6.45, 7) is 2.04. The molecule has 0 aliphatic carbocycles. The zero-order chi connectivity index (χ0) is 19.5. The minimum absolute atomic E-state index is 0.209. The molecule has 7 nitrogen and oxygen atoms in total. The van der Waals surface area contributed by atoms with Gasteiger partial charge in [-0.2, -0.15) is 4.68 Å². The molecule has 2 heterocycles. The van der Waals surface area contributed by atoms with Crippen molar-refractivity contribution < 1.29 is 13.9 Å². The van der Waals surface area contributed by atoms with Crippen molar-refractivity contribution in [2.24, 2.45) is 0 Å². The zero-order valence-corrected chi connectivity index (χ0v) is 17.2. The van der Waals surface area contributed by atoms with E-state index in [4.69, 9.17) is 9.15 Å². The van der Waals surface area contributed by atoms with Crippen molar-refractivity contribution in [1.29, 1.82) is 0 Å². The molecule has 0 aliphatic rings. The number of thioether (sulfide) groups is 1. The molecule has 0 bridgehead atoms. The Morgan fingerprint density at radius 2 is 2.07 bits per heavy atom. The first kappa shape index (κ1) is 18.7. The Morgan fingerprint density at radius 3 is 2.86 bits per heavy atom. The van der Waals surface area contributed by atoms with E-state index in [0.29, 0.717) is 16.5 Å². The van der Waals surface area contributed by atoms with Crippen LogP contribution in [0.5, 0.6) is 0 Å². The van der Waals surface area contributed by atoms with Gasteiger partial charge in [-0.05, 0) is 47.7 Å². The summed E-state index contributed by atoms with van der Waals surface area (Å²) < 4.78 is 13.5. The number of fused-ring (bicyclic) bond motifs is 1. The molecule has 0 radical (unpaired) electrons. The number of esters is 1. The Hall–Kier alpha value is -2.65. The van der Waals surface area contributed by atoms with Crippen molar-refractivity contribution in [2.75, 3.05) is 6.61 Å². The van der Waals surface area contributed by atoms with Gasteiger partial charge in [-0.15, -0.1) is 5.10 Å². The Labute approximate surface area is 173 Å². The van der Waals surface area contributed by atoms with E-state index in [2.05, 4.69) is 31.5 Å². The first-order valence-corrected chi connectivity index (χ1v) is 10.3. The van der Waals surface area contributed by atoms with Gasteiger partial charge < -0.3 is 9.15 Å². The molecule has 2 aromatic heterocycles. The van der Waals surface area contributed by atoms with Gasteiger partial charge in [0.05, 0.1) is 12.3 Å². The molecule has 0 spiro atoms. The number of tetrazole rings is 1. The number of rotatable bonds is 6. The number of hydrogen-bond donors (Lipinski definition) is 0. The second kappa shape index (κ2) is 8.15. The Bertz CT molecular complexity index is 1130. The molecule has 0 atom stereocenters. The molecule has 4 aromatic rings. The van der Waals surface area contributed by atoms with Gasteiger partial charge in [0.25, 0.3) is 0 Å². The Morgan fingerprint density at radius 1 is 1.25 bits per heavy atom. The molecule has 0 saturated heterocycles. The highest BCUT2D eigenvalue weighted by Gasteiger charge is 2.23. The highest BCUT2D eigenvalue weighted by atomic mass is 79.9. The second-order valence-corrected chi connectivity index (χ2v) is 7.63. The Kier molecular flexibility index (Phi) is 5.45. The third kappa shape index (κ3) is 3.67. The van der Waals surface area contributed by atoms with E-state index in [0.717, 1.165) is 21.1 Å². The molecular weight excluding hydrogens is 444 g/mol. The summed E-state index contributed by atoms with van der Waals surface area (Å²) in [5, 5.41) is 13.4. The number of benzene rings is 2.